The number of nitro benzene ring substituents is 1. The number of benzene rings is 2. The van der Waals surface area contributed by atoms with Gasteiger partial charge < -0.3 is 5.32 Å². The summed E-state index contributed by atoms with van der Waals surface area (Å²) in [4.78, 5) is 21.9. The lowest BCUT2D eigenvalue weighted by molar-refractivity contribution is -0.387. The van der Waals surface area contributed by atoms with Crippen molar-refractivity contribution in [3.8, 4) is 0 Å². The monoisotopic (exact) mass is 382 g/mol. The van der Waals surface area contributed by atoms with Crippen LogP contribution in [-0.2, 0) is 16.3 Å². The van der Waals surface area contributed by atoms with Gasteiger partial charge in [0, 0.05) is 29.5 Å². The number of rotatable bonds is 6. The van der Waals surface area contributed by atoms with Gasteiger partial charge in [0.2, 0.25) is 0 Å². The lowest BCUT2D eigenvalue weighted by atomic mass is 10.1. The molecule has 1 amide bonds. The van der Waals surface area contributed by atoms with Crippen molar-refractivity contribution in [2.24, 2.45) is 0 Å². The van der Waals surface area contributed by atoms with E-state index in [0.717, 1.165) is 24.0 Å². The molecule has 2 rings (SSSR count). The van der Waals surface area contributed by atoms with Gasteiger partial charge in [-0.05, 0) is 36.2 Å². The zero-order valence-corrected chi connectivity index (χ0v) is 14.8. The fourth-order valence-corrected chi connectivity index (χ4v) is 3.14. The van der Waals surface area contributed by atoms with Gasteiger partial charge in [0.25, 0.3) is 11.6 Å². The molecule has 0 radical (unpaired) electrons. The van der Waals surface area contributed by atoms with E-state index >= 15 is 0 Å². The highest BCUT2D eigenvalue weighted by Gasteiger charge is 2.23. The van der Waals surface area contributed by atoms with Gasteiger partial charge in [-0.3, -0.25) is 14.9 Å². The maximum Gasteiger partial charge on any atom is 0.288 e. The van der Waals surface area contributed by atoms with Crippen molar-refractivity contribution in [2.75, 3.05) is 12.8 Å². The van der Waals surface area contributed by atoms with E-state index in [1.165, 1.54) is 6.07 Å². The summed E-state index contributed by atoms with van der Waals surface area (Å²) < 4.78 is 23.2. The van der Waals surface area contributed by atoms with Crippen LogP contribution in [0.4, 0.5) is 5.69 Å². The average molecular weight is 383 g/mol. The third-order valence-corrected chi connectivity index (χ3v) is 4.83. The number of halogens is 1. The first-order valence-corrected chi connectivity index (χ1v) is 9.46. The number of nitrogens with zero attached hydrogens (tertiary/aromatic N) is 1. The Kier molecular flexibility index (Phi) is 5.76. The first kappa shape index (κ1) is 18.9. The summed E-state index contributed by atoms with van der Waals surface area (Å²) in [5.74, 6) is -0.517. The van der Waals surface area contributed by atoms with Crippen molar-refractivity contribution < 1.29 is 18.1 Å². The first-order valence-electron chi connectivity index (χ1n) is 7.19. The molecule has 2 aromatic carbocycles. The molecule has 0 atom stereocenters. The summed E-state index contributed by atoms with van der Waals surface area (Å²) in [6.07, 6.45) is 1.44. The molecule has 0 heterocycles. The molecule has 132 valence electrons. The molecule has 0 saturated carbocycles. The quantitative estimate of drug-likeness (QED) is 0.610. The molecular weight excluding hydrogens is 368 g/mol. The summed E-state index contributed by atoms with van der Waals surface area (Å²) in [6, 6.07) is 10.4. The van der Waals surface area contributed by atoms with Gasteiger partial charge in [0.1, 0.15) is 4.90 Å². The van der Waals surface area contributed by atoms with Crippen molar-refractivity contribution in [3.05, 3.63) is 68.7 Å². The highest BCUT2D eigenvalue weighted by molar-refractivity contribution is 7.90. The highest BCUT2D eigenvalue weighted by atomic mass is 35.5. The molecule has 1 N–H and O–H groups in total. The number of carbonyl (C=O) groups is 1. The molecule has 7 nitrogen and oxygen atoms in total. The molecule has 0 unspecified atom stereocenters. The second-order valence-electron chi connectivity index (χ2n) is 5.34. The summed E-state index contributed by atoms with van der Waals surface area (Å²) in [5.41, 5.74) is 0.381. The molecule has 2 aromatic rings. The fourth-order valence-electron chi connectivity index (χ4n) is 2.19. The number of carbonyl (C=O) groups excluding carboxylic acids is 1. The van der Waals surface area contributed by atoms with E-state index in [4.69, 9.17) is 11.6 Å². The van der Waals surface area contributed by atoms with E-state index in [-0.39, 0.29) is 5.56 Å². The van der Waals surface area contributed by atoms with Gasteiger partial charge in [-0.2, -0.15) is 0 Å². The average Bonchev–Trinajstić information content (AvgIpc) is 2.55. The standard InChI is InChI=1S/C16H15ClN2O5S/c1-25(23,24)15-7-4-12(10-14(15)19(21)22)16(20)18-9-8-11-2-5-13(17)6-3-11/h2-7,10H,8-9H2,1H3,(H,18,20). The fraction of sp³-hybridized carbons (Fsp3) is 0.188. The Balaban J connectivity index is 2.10. The maximum atomic E-state index is 12.1. The summed E-state index contributed by atoms with van der Waals surface area (Å²) >= 11 is 5.79. The molecule has 25 heavy (non-hydrogen) atoms. The largest absolute Gasteiger partial charge is 0.352 e. The van der Waals surface area contributed by atoms with Crippen LogP contribution in [0.5, 0.6) is 0 Å². The normalized spacial score (nSPS) is 11.1. The van der Waals surface area contributed by atoms with Crippen LogP contribution in [-0.4, -0.2) is 32.0 Å². The van der Waals surface area contributed by atoms with Crippen molar-refractivity contribution in [2.45, 2.75) is 11.3 Å². The molecule has 0 bridgehead atoms. The number of hydrogen-bond donors (Lipinski definition) is 1. The lowest BCUT2D eigenvalue weighted by Crippen LogP contribution is -2.25. The third kappa shape index (κ3) is 5.01. The highest BCUT2D eigenvalue weighted by Crippen LogP contribution is 2.24. The van der Waals surface area contributed by atoms with Crippen molar-refractivity contribution in [3.63, 3.8) is 0 Å². The Bertz CT molecular complexity index is 911. The molecule has 0 aliphatic heterocycles. The Morgan fingerprint density at radius 2 is 1.84 bits per heavy atom. The van der Waals surface area contributed by atoms with Crippen LogP contribution in [0.3, 0.4) is 0 Å². The van der Waals surface area contributed by atoms with Crippen LogP contribution in [0, 0.1) is 10.1 Å². The van der Waals surface area contributed by atoms with Gasteiger partial charge >= 0.3 is 0 Å². The van der Waals surface area contributed by atoms with Crippen LogP contribution in [0.25, 0.3) is 0 Å². The Morgan fingerprint density at radius 3 is 2.40 bits per heavy atom. The Hall–Kier alpha value is -2.45. The smallest absolute Gasteiger partial charge is 0.288 e. The van der Waals surface area contributed by atoms with Crippen molar-refractivity contribution in [1.29, 1.82) is 0 Å². The number of sulfone groups is 1. The number of nitro groups is 1. The molecule has 0 aliphatic carbocycles. The first-order chi connectivity index (χ1) is 11.7. The molecule has 0 aliphatic rings. The van der Waals surface area contributed by atoms with E-state index in [1.54, 1.807) is 12.1 Å². The van der Waals surface area contributed by atoms with E-state index in [2.05, 4.69) is 5.32 Å². The van der Waals surface area contributed by atoms with Gasteiger partial charge in [0.15, 0.2) is 9.84 Å². The maximum absolute atomic E-state index is 12.1. The topological polar surface area (TPSA) is 106 Å². The SMILES string of the molecule is CS(=O)(=O)c1ccc(C(=O)NCCc2ccc(Cl)cc2)cc1[N+](=O)[O-]. The Morgan fingerprint density at radius 1 is 1.20 bits per heavy atom. The van der Waals surface area contributed by atoms with Crippen LogP contribution in [0.2, 0.25) is 5.02 Å². The van der Waals surface area contributed by atoms with Gasteiger partial charge in [-0.15, -0.1) is 0 Å². The van der Waals surface area contributed by atoms with Crippen LogP contribution >= 0.6 is 11.6 Å². The van der Waals surface area contributed by atoms with Crippen LogP contribution in [0.1, 0.15) is 15.9 Å². The minimum atomic E-state index is -3.76. The predicted molar refractivity (Wildman–Crippen MR) is 93.7 cm³/mol. The molecule has 0 aromatic heterocycles. The van der Waals surface area contributed by atoms with Crippen molar-refractivity contribution >= 4 is 33.0 Å². The number of nitrogens with one attached hydrogen (secondary N) is 1. The molecule has 0 fully saturated rings. The Labute approximate surface area is 149 Å². The predicted octanol–water partition coefficient (Wildman–Crippen LogP) is 2.62. The second-order valence-corrected chi connectivity index (χ2v) is 7.76. The van der Waals surface area contributed by atoms with E-state index in [9.17, 15) is 23.3 Å². The van der Waals surface area contributed by atoms with Gasteiger partial charge in [-0.1, -0.05) is 23.7 Å². The van der Waals surface area contributed by atoms with Gasteiger partial charge in [-0.25, -0.2) is 8.42 Å². The van der Waals surface area contributed by atoms with Crippen LogP contribution in [0.15, 0.2) is 47.4 Å². The molecule has 9 heteroatoms. The minimum absolute atomic E-state index is 0.0233. The lowest BCUT2D eigenvalue weighted by Gasteiger charge is -2.07. The second kappa shape index (κ2) is 7.62. The third-order valence-electron chi connectivity index (χ3n) is 3.43. The summed E-state index contributed by atoms with van der Waals surface area (Å²) in [5, 5.41) is 14.3. The zero-order chi connectivity index (χ0) is 18.6. The number of amides is 1. The van der Waals surface area contributed by atoms with Crippen molar-refractivity contribution in [1.82, 2.24) is 5.32 Å². The van der Waals surface area contributed by atoms with E-state index in [1.807, 2.05) is 12.1 Å². The van der Waals surface area contributed by atoms with Gasteiger partial charge in [0.05, 0.1) is 4.92 Å². The minimum Gasteiger partial charge on any atom is -0.352 e. The van der Waals surface area contributed by atoms with Crippen LogP contribution < -0.4 is 5.32 Å². The summed E-state index contributed by atoms with van der Waals surface area (Å²) in [6.45, 7) is 0.322. The zero-order valence-electron chi connectivity index (χ0n) is 13.2. The van der Waals surface area contributed by atoms with E-state index in [0.29, 0.717) is 18.0 Å². The molecule has 0 saturated heterocycles. The molecular formula is C16H15ClN2O5S. The molecule has 0 spiro atoms. The summed E-state index contributed by atoms with van der Waals surface area (Å²) in [7, 11) is -3.76. The van der Waals surface area contributed by atoms with E-state index < -0.39 is 31.3 Å². The number of hydrogen-bond acceptors (Lipinski definition) is 5.